The summed E-state index contributed by atoms with van der Waals surface area (Å²) in [5.74, 6) is 0. The predicted octanol–water partition coefficient (Wildman–Crippen LogP) is 3.50. The van der Waals surface area contributed by atoms with Gasteiger partial charge in [-0.25, -0.2) is 0 Å². The minimum atomic E-state index is -0.461. The summed E-state index contributed by atoms with van der Waals surface area (Å²) in [4.78, 5) is 0. The predicted molar refractivity (Wildman–Crippen MR) is 72.0 cm³/mol. The first-order chi connectivity index (χ1) is 8.28. The third-order valence-corrected chi connectivity index (χ3v) is 5.66. The van der Waals surface area contributed by atoms with Crippen LogP contribution >= 0.6 is 8.30 Å². The van der Waals surface area contributed by atoms with Gasteiger partial charge in [-0.1, -0.05) is 43.0 Å². The topological polar surface area (TPSA) is 12.5 Å². The summed E-state index contributed by atoms with van der Waals surface area (Å²) in [7, 11) is -0.461. The third kappa shape index (κ3) is 1.59. The molecule has 2 aliphatic rings. The van der Waals surface area contributed by atoms with Crippen LogP contribution in [-0.4, -0.2) is 23.9 Å². The van der Waals surface area contributed by atoms with Gasteiger partial charge in [-0.15, -0.1) is 0 Å². The Hall–Kier alpha value is -0.690. The first kappa shape index (κ1) is 11.4. The summed E-state index contributed by atoms with van der Waals surface area (Å²) in [5.41, 5.74) is 0.969. The molecule has 0 bridgehead atoms. The lowest BCUT2D eigenvalue weighted by molar-refractivity contribution is 0.123. The smallest absolute Gasteiger partial charge is 0.133 e. The van der Waals surface area contributed by atoms with E-state index in [4.69, 9.17) is 4.52 Å². The molecule has 0 aliphatic carbocycles. The van der Waals surface area contributed by atoms with Crippen LogP contribution in [0.25, 0.3) is 0 Å². The Kier molecular flexibility index (Phi) is 2.82. The van der Waals surface area contributed by atoms with Crippen LogP contribution in [-0.2, 0) is 10.1 Å². The molecular weight excluding hydrogens is 229 g/mol. The van der Waals surface area contributed by atoms with Crippen LogP contribution in [0.5, 0.6) is 0 Å². The molecule has 2 heterocycles. The van der Waals surface area contributed by atoms with Crippen LogP contribution in [0.15, 0.2) is 43.0 Å². The highest BCUT2D eigenvalue weighted by molar-refractivity contribution is 7.49. The van der Waals surface area contributed by atoms with Gasteiger partial charge in [-0.05, 0) is 25.1 Å². The van der Waals surface area contributed by atoms with Gasteiger partial charge in [0.15, 0.2) is 0 Å². The van der Waals surface area contributed by atoms with Gasteiger partial charge in [-0.2, -0.15) is 0 Å². The highest BCUT2D eigenvalue weighted by atomic mass is 31.2. The van der Waals surface area contributed by atoms with Gasteiger partial charge >= 0.3 is 0 Å². The van der Waals surface area contributed by atoms with Gasteiger partial charge in [0.05, 0.1) is 6.04 Å². The lowest BCUT2D eigenvalue weighted by Gasteiger charge is -2.30. The van der Waals surface area contributed by atoms with Crippen LogP contribution in [0.4, 0.5) is 0 Å². The van der Waals surface area contributed by atoms with E-state index in [1.54, 1.807) is 0 Å². The van der Waals surface area contributed by atoms with E-state index in [-0.39, 0.29) is 5.60 Å². The molecule has 17 heavy (non-hydrogen) atoms. The average molecular weight is 247 g/mol. The molecule has 3 heteroatoms. The first-order valence-corrected chi connectivity index (χ1v) is 7.82. The first-order valence-electron chi connectivity index (χ1n) is 6.16. The molecule has 2 saturated heterocycles. The quantitative estimate of drug-likeness (QED) is 0.585. The zero-order valence-corrected chi connectivity index (χ0v) is 11.1. The molecule has 3 atom stereocenters. The summed E-state index contributed by atoms with van der Waals surface area (Å²) in [5, 5.41) is 0. The van der Waals surface area contributed by atoms with Gasteiger partial charge in [0.1, 0.15) is 13.9 Å². The lowest BCUT2D eigenvalue weighted by Crippen LogP contribution is -2.37. The minimum absolute atomic E-state index is 0.280. The second-order valence-electron chi connectivity index (χ2n) is 4.74. The third-order valence-electron chi connectivity index (χ3n) is 3.89. The van der Waals surface area contributed by atoms with Crippen LogP contribution in [0.3, 0.4) is 0 Å². The summed E-state index contributed by atoms with van der Waals surface area (Å²) in [6.07, 6.45) is 4.51. The van der Waals surface area contributed by atoms with Gasteiger partial charge < -0.3 is 4.52 Å². The second kappa shape index (κ2) is 4.20. The molecule has 2 nitrogen and oxygen atoms in total. The maximum atomic E-state index is 6.32. The van der Waals surface area contributed by atoms with Crippen molar-refractivity contribution in [3.05, 3.63) is 48.6 Å². The summed E-state index contributed by atoms with van der Waals surface area (Å²) >= 11 is 0. The Morgan fingerprint density at radius 2 is 2.24 bits per heavy atom. The average Bonchev–Trinajstić information content (AvgIpc) is 2.94. The summed E-state index contributed by atoms with van der Waals surface area (Å²) < 4.78 is 8.86. The molecule has 0 aromatic heterocycles. The van der Waals surface area contributed by atoms with Crippen LogP contribution in [0.1, 0.15) is 18.4 Å². The van der Waals surface area contributed by atoms with Gasteiger partial charge in [-0.3, -0.25) is 4.67 Å². The highest BCUT2D eigenvalue weighted by Gasteiger charge is 2.53. The molecule has 0 radical (unpaired) electrons. The Morgan fingerprint density at radius 3 is 2.94 bits per heavy atom. The number of fused-ring (bicyclic) bond motifs is 1. The molecule has 2 aliphatic heterocycles. The molecule has 1 unspecified atom stereocenters. The van der Waals surface area contributed by atoms with Gasteiger partial charge in [0.25, 0.3) is 0 Å². The van der Waals surface area contributed by atoms with E-state index in [1.165, 1.54) is 24.9 Å². The molecule has 1 aromatic carbocycles. The zero-order valence-electron chi connectivity index (χ0n) is 10.2. The van der Waals surface area contributed by atoms with E-state index in [0.717, 1.165) is 0 Å². The molecule has 90 valence electrons. The Balaban J connectivity index is 2.06. The van der Waals surface area contributed by atoms with Crippen molar-refractivity contribution in [2.45, 2.75) is 24.5 Å². The van der Waals surface area contributed by atoms with Crippen molar-refractivity contribution in [3.8, 4) is 0 Å². The van der Waals surface area contributed by atoms with E-state index in [9.17, 15) is 0 Å². The van der Waals surface area contributed by atoms with Crippen molar-refractivity contribution in [2.24, 2.45) is 0 Å². The van der Waals surface area contributed by atoms with Gasteiger partial charge in [0.2, 0.25) is 0 Å². The number of rotatable bonds is 2. The maximum absolute atomic E-state index is 6.32. The highest BCUT2D eigenvalue weighted by Crippen LogP contribution is 2.60. The van der Waals surface area contributed by atoms with Crippen LogP contribution < -0.4 is 0 Å². The monoisotopic (exact) mass is 247 g/mol. The van der Waals surface area contributed by atoms with Crippen molar-refractivity contribution >= 4 is 8.30 Å². The Morgan fingerprint density at radius 1 is 1.47 bits per heavy atom. The van der Waals surface area contributed by atoms with E-state index in [2.05, 4.69) is 48.2 Å². The van der Waals surface area contributed by atoms with E-state index in [1.807, 2.05) is 6.08 Å². The van der Waals surface area contributed by atoms with E-state index >= 15 is 0 Å². The molecule has 0 saturated carbocycles. The largest absolute Gasteiger partial charge is 0.327 e. The standard InChI is InChI=1S/C14H18NOP/c1-3-14(12-8-5-4-6-9-12)13-10-7-11-15(13)17(2)16-14/h3-6,8-9,13H,1,7,10-11H2,2H3/t13-,14+,17?/m0/s1. The summed E-state index contributed by atoms with van der Waals surface area (Å²) in [6.45, 7) is 7.43. The number of benzene rings is 1. The molecule has 1 aromatic rings. The Bertz CT molecular complexity index is 421. The molecule has 0 spiro atoms. The molecule has 2 fully saturated rings. The fraction of sp³-hybridized carbons (Fsp3) is 0.429. The molecule has 0 amide bonds. The molecule has 0 N–H and O–H groups in total. The maximum Gasteiger partial charge on any atom is 0.133 e. The SMILES string of the molecule is C=C[C@]1(c2ccccc2)OP(C)N2CCC[C@H]21. The number of hydrogen-bond donors (Lipinski definition) is 0. The van der Waals surface area contributed by atoms with Gasteiger partial charge in [0, 0.05) is 6.54 Å². The van der Waals surface area contributed by atoms with Crippen molar-refractivity contribution < 1.29 is 4.52 Å². The normalized spacial score (nSPS) is 37.0. The second-order valence-corrected chi connectivity index (χ2v) is 6.36. The molecule has 3 rings (SSSR count). The number of hydrogen-bond acceptors (Lipinski definition) is 2. The fourth-order valence-corrected chi connectivity index (χ4v) is 5.04. The van der Waals surface area contributed by atoms with Crippen molar-refractivity contribution in [2.75, 3.05) is 13.2 Å². The fourth-order valence-electron chi connectivity index (χ4n) is 3.09. The van der Waals surface area contributed by atoms with Crippen molar-refractivity contribution in [1.82, 2.24) is 4.67 Å². The van der Waals surface area contributed by atoms with Crippen molar-refractivity contribution in [1.29, 1.82) is 0 Å². The molecular formula is C14H18NOP. The van der Waals surface area contributed by atoms with Crippen LogP contribution in [0, 0.1) is 0 Å². The van der Waals surface area contributed by atoms with Crippen molar-refractivity contribution in [3.63, 3.8) is 0 Å². The van der Waals surface area contributed by atoms with E-state index in [0.29, 0.717) is 6.04 Å². The minimum Gasteiger partial charge on any atom is -0.327 e. The van der Waals surface area contributed by atoms with Crippen LogP contribution in [0.2, 0.25) is 0 Å². The zero-order chi connectivity index (χ0) is 11.9. The summed E-state index contributed by atoms with van der Waals surface area (Å²) in [6, 6.07) is 11.0. The Labute approximate surface area is 104 Å². The van der Waals surface area contributed by atoms with E-state index < -0.39 is 8.30 Å². The number of nitrogens with zero attached hydrogens (tertiary/aromatic N) is 1. The lowest BCUT2D eigenvalue weighted by atomic mass is 9.85.